The Balaban J connectivity index is 1.84. The lowest BCUT2D eigenvalue weighted by Crippen LogP contribution is -2.11. The summed E-state index contributed by atoms with van der Waals surface area (Å²) in [5.74, 6) is 0.672. The van der Waals surface area contributed by atoms with Crippen LogP contribution in [0.5, 0.6) is 5.75 Å². The summed E-state index contributed by atoms with van der Waals surface area (Å²) < 4.78 is 18.0. The first-order valence-electron chi connectivity index (χ1n) is 7.93. The summed E-state index contributed by atoms with van der Waals surface area (Å²) >= 11 is 0. The number of rotatable bonds is 7. The van der Waals surface area contributed by atoms with Crippen molar-refractivity contribution >= 4 is 21.8 Å². The topological polar surface area (TPSA) is 49.7 Å². The maximum Gasteiger partial charge on any atom is 0.197 e. The monoisotopic (exact) mass is 327 g/mol. The first kappa shape index (κ1) is 16.5. The van der Waals surface area contributed by atoms with Crippen LogP contribution in [0, 0.1) is 0 Å². The van der Waals surface area contributed by atoms with Crippen molar-refractivity contribution in [3.8, 4) is 5.75 Å². The van der Waals surface area contributed by atoms with E-state index in [0.29, 0.717) is 42.9 Å². The van der Waals surface area contributed by atoms with E-state index in [1.54, 1.807) is 13.2 Å². The fourth-order valence-electron chi connectivity index (χ4n) is 2.78. The van der Waals surface area contributed by atoms with E-state index in [1.807, 2.05) is 48.0 Å². The number of benzene rings is 2. The lowest BCUT2D eigenvalue weighted by molar-refractivity contribution is 0.0544. The molecule has 24 heavy (non-hydrogen) atoms. The van der Waals surface area contributed by atoms with Crippen LogP contribution in [0.3, 0.4) is 0 Å². The highest BCUT2D eigenvalue weighted by molar-refractivity contribution is 5.93. The highest BCUT2D eigenvalue weighted by Crippen LogP contribution is 2.22. The maximum absolute atomic E-state index is 12.7. The van der Waals surface area contributed by atoms with Crippen molar-refractivity contribution in [1.29, 1.82) is 0 Å². The second kappa shape index (κ2) is 7.47. The number of ether oxygens (including phenoxy) is 3. The second-order valence-electron chi connectivity index (χ2n) is 5.54. The van der Waals surface area contributed by atoms with Crippen LogP contribution in [0.25, 0.3) is 21.8 Å². The second-order valence-corrected chi connectivity index (χ2v) is 5.54. The Morgan fingerprint density at radius 3 is 2.50 bits per heavy atom. The molecule has 3 rings (SSSR count). The highest BCUT2D eigenvalue weighted by Gasteiger charge is 2.09. The van der Waals surface area contributed by atoms with E-state index in [0.717, 1.165) is 11.0 Å². The van der Waals surface area contributed by atoms with E-state index in [9.17, 15) is 4.79 Å². The Kier molecular flexibility index (Phi) is 5.13. The Morgan fingerprint density at radius 2 is 1.67 bits per heavy atom. The van der Waals surface area contributed by atoms with Crippen molar-refractivity contribution in [3.05, 3.63) is 52.7 Å². The number of hydrogen-bond donors (Lipinski definition) is 0. The molecule has 0 unspecified atom stereocenters. The Labute approximate surface area is 140 Å². The smallest absolute Gasteiger partial charge is 0.197 e. The van der Waals surface area contributed by atoms with Gasteiger partial charge in [-0.15, -0.1) is 0 Å². The Hall–Kier alpha value is -2.37. The first-order chi connectivity index (χ1) is 11.7. The largest absolute Gasteiger partial charge is 0.491 e. The van der Waals surface area contributed by atoms with Crippen LogP contribution in [0.4, 0.5) is 0 Å². The summed E-state index contributed by atoms with van der Waals surface area (Å²) in [6.07, 6.45) is 0. The SMILES string of the molecule is COCCOCCOc1ccc2c(c1)c(=O)c1ccccc1n2C. The molecule has 0 saturated carbocycles. The molecule has 2 aromatic carbocycles. The minimum Gasteiger partial charge on any atom is -0.491 e. The Morgan fingerprint density at radius 1 is 0.917 bits per heavy atom. The first-order valence-corrected chi connectivity index (χ1v) is 7.93. The van der Waals surface area contributed by atoms with E-state index in [4.69, 9.17) is 14.2 Å². The van der Waals surface area contributed by atoms with E-state index in [-0.39, 0.29) is 5.43 Å². The molecule has 5 nitrogen and oxygen atoms in total. The van der Waals surface area contributed by atoms with Crippen molar-refractivity contribution in [2.45, 2.75) is 0 Å². The van der Waals surface area contributed by atoms with Crippen LogP contribution in [-0.2, 0) is 16.5 Å². The molecular formula is C19H21NO4. The molecule has 0 bridgehead atoms. The number of methoxy groups -OCH3 is 1. The molecule has 0 atom stereocenters. The van der Waals surface area contributed by atoms with Crippen LogP contribution in [0.1, 0.15) is 0 Å². The van der Waals surface area contributed by atoms with Gasteiger partial charge < -0.3 is 18.8 Å². The van der Waals surface area contributed by atoms with Gasteiger partial charge in [0.2, 0.25) is 0 Å². The predicted molar refractivity (Wildman–Crippen MR) is 94.9 cm³/mol. The predicted octanol–water partition coefficient (Wildman–Crippen LogP) is 2.73. The van der Waals surface area contributed by atoms with Gasteiger partial charge in [-0.05, 0) is 30.3 Å². The summed E-state index contributed by atoms with van der Waals surface area (Å²) in [5, 5.41) is 1.38. The van der Waals surface area contributed by atoms with Gasteiger partial charge in [-0.25, -0.2) is 0 Å². The third-order valence-corrected chi connectivity index (χ3v) is 4.01. The molecule has 3 aromatic rings. The standard InChI is InChI=1S/C19H21NO4/c1-20-17-6-4-3-5-15(17)19(21)16-13-14(7-8-18(16)20)24-12-11-23-10-9-22-2/h3-8,13H,9-12H2,1-2H3. The lowest BCUT2D eigenvalue weighted by atomic mass is 10.1. The normalized spacial score (nSPS) is 11.2. The van der Waals surface area contributed by atoms with Gasteiger partial charge in [-0.2, -0.15) is 0 Å². The molecule has 0 radical (unpaired) electrons. The van der Waals surface area contributed by atoms with Gasteiger partial charge >= 0.3 is 0 Å². The van der Waals surface area contributed by atoms with E-state index < -0.39 is 0 Å². The summed E-state index contributed by atoms with van der Waals surface area (Å²) in [4.78, 5) is 12.7. The van der Waals surface area contributed by atoms with Crippen molar-refractivity contribution in [2.24, 2.45) is 7.05 Å². The molecule has 0 aliphatic rings. The molecule has 0 amide bonds. The number of para-hydroxylation sites is 1. The zero-order valence-corrected chi connectivity index (χ0v) is 14.0. The molecule has 0 N–H and O–H groups in total. The lowest BCUT2D eigenvalue weighted by Gasteiger charge is -2.12. The average molecular weight is 327 g/mol. The molecule has 0 spiro atoms. The molecule has 126 valence electrons. The minimum atomic E-state index is 0.0282. The number of nitrogens with zero attached hydrogens (tertiary/aromatic N) is 1. The fourth-order valence-corrected chi connectivity index (χ4v) is 2.78. The Bertz CT molecular complexity index is 901. The molecule has 0 fully saturated rings. The highest BCUT2D eigenvalue weighted by atomic mass is 16.5. The van der Waals surface area contributed by atoms with Gasteiger partial charge in [-0.1, -0.05) is 12.1 Å². The zero-order valence-electron chi connectivity index (χ0n) is 14.0. The average Bonchev–Trinajstić information content (AvgIpc) is 2.62. The number of fused-ring (bicyclic) bond motifs is 2. The van der Waals surface area contributed by atoms with Crippen LogP contribution in [0.2, 0.25) is 0 Å². The van der Waals surface area contributed by atoms with Crippen LogP contribution in [-0.4, -0.2) is 38.1 Å². The zero-order chi connectivity index (χ0) is 16.9. The van der Waals surface area contributed by atoms with Gasteiger partial charge in [0, 0.05) is 24.9 Å². The quantitative estimate of drug-likeness (QED) is 0.494. The molecule has 5 heteroatoms. The van der Waals surface area contributed by atoms with Crippen molar-refractivity contribution in [3.63, 3.8) is 0 Å². The van der Waals surface area contributed by atoms with Crippen molar-refractivity contribution in [2.75, 3.05) is 33.5 Å². The molecular weight excluding hydrogens is 306 g/mol. The van der Waals surface area contributed by atoms with Gasteiger partial charge in [0.15, 0.2) is 5.43 Å². The number of aromatic nitrogens is 1. The number of hydrogen-bond acceptors (Lipinski definition) is 4. The van der Waals surface area contributed by atoms with E-state index >= 15 is 0 Å². The molecule has 0 saturated heterocycles. The van der Waals surface area contributed by atoms with Crippen LogP contribution >= 0.6 is 0 Å². The number of aryl methyl sites for hydroxylation is 1. The van der Waals surface area contributed by atoms with Crippen LogP contribution < -0.4 is 10.2 Å². The molecule has 1 heterocycles. The molecule has 0 aliphatic carbocycles. The number of pyridine rings is 1. The summed E-state index contributed by atoms with van der Waals surface area (Å²) in [7, 11) is 3.60. The van der Waals surface area contributed by atoms with Gasteiger partial charge in [-0.3, -0.25) is 4.79 Å². The van der Waals surface area contributed by atoms with E-state index in [2.05, 4.69) is 0 Å². The third-order valence-electron chi connectivity index (χ3n) is 4.01. The summed E-state index contributed by atoms with van der Waals surface area (Å²) in [6.45, 7) is 2.03. The molecule has 0 aliphatic heterocycles. The third kappa shape index (κ3) is 3.27. The molecule has 1 aromatic heterocycles. The van der Waals surface area contributed by atoms with Gasteiger partial charge in [0.25, 0.3) is 0 Å². The van der Waals surface area contributed by atoms with Crippen molar-refractivity contribution in [1.82, 2.24) is 4.57 Å². The maximum atomic E-state index is 12.7. The fraction of sp³-hybridized carbons (Fsp3) is 0.316. The van der Waals surface area contributed by atoms with Crippen LogP contribution in [0.15, 0.2) is 47.3 Å². The van der Waals surface area contributed by atoms with Gasteiger partial charge in [0.1, 0.15) is 12.4 Å². The van der Waals surface area contributed by atoms with E-state index in [1.165, 1.54) is 0 Å². The summed E-state index contributed by atoms with van der Waals surface area (Å²) in [5.41, 5.74) is 1.85. The van der Waals surface area contributed by atoms with Crippen molar-refractivity contribution < 1.29 is 14.2 Å². The summed E-state index contributed by atoms with van der Waals surface area (Å²) in [6, 6.07) is 13.2. The van der Waals surface area contributed by atoms with Gasteiger partial charge in [0.05, 0.1) is 30.9 Å². The minimum absolute atomic E-state index is 0.0282.